The van der Waals surface area contributed by atoms with Crippen molar-refractivity contribution in [3.63, 3.8) is 0 Å². The predicted molar refractivity (Wildman–Crippen MR) is 74.3 cm³/mol. The van der Waals surface area contributed by atoms with Crippen LogP contribution < -0.4 is 4.72 Å². The summed E-state index contributed by atoms with van der Waals surface area (Å²) in [6.07, 6.45) is 2.79. The van der Waals surface area contributed by atoms with Gasteiger partial charge in [0.2, 0.25) is 0 Å². The van der Waals surface area contributed by atoms with E-state index >= 15 is 0 Å². The maximum absolute atomic E-state index is 12.1. The van der Waals surface area contributed by atoms with Gasteiger partial charge in [-0.25, -0.2) is 18.4 Å². The second-order valence-corrected chi connectivity index (χ2v) is 7.53. The molecule has 0 aliphatic heterocycles. The highest BCUT2D eigenvalue weighted by atomic mass is 79.9. The average molecular weight is 348 g/mol. The van der Waals surface area contributed by atoms with E-state index in [4.69, 9.17) is 0 Å². The lowest BCUT2D eigenvalue weighted by Gasteiger charge is -2.06. The van der Waals surface area contributed by atoms with Gasteiger partial charge in [0.05, 0.1) is 12.4 Å². The molecule has 0 saturated carbocycles. The standard InChI is InChI=1S/C10H10BrN3O2S2/c1-6-3-8(7(2)17-6)18(15,16)14-10-5-12-9(11)4-13-10/h3-5H,1-2H3,(H,13,14). The van der Waals surface area contributed by atoms with E-state index in [0.717, 1.165) is 9.75 Å². The Balaban J connectivity index is 2.33. The van der Waals surface area contributed by atoms with E-state index in [0.29, 0.717) is 4.60 Å². The fourth-order valence-corrected chi connectivity index (χ4v) is 4.19. The molecule has 0 saturated heterocycles. The number of halogens is 1. The van der Waals surface area contributed by atoms with Crippen LogP contribution in [0.3, 0.4) is 0 Å². The highest BCUT2D eigenvalue weighted by molar-refractivity contribution is 9.10. The molecule has 0 fully saturated rings. The molecule has 5 nitrogen and oxygen atoms in total. The topological polar surface area (TPSA) is 72.0 Å². The van der Waals surface area contributed by atoms with Gasteiger partial charge in [0.1, 0.15) is 9.50 Å². The molecule has 2 aromatic rings. The van der Waals surface area contributed by atoms with Crippen molar-refractivity contribution in [1.29, 1.82) is 0 Å². The van der Waals surface area contributed by atoms with Crippen LogP contribution >= 0.6 is 27.3 Å². The van der Waals surface area contributed by atoms with Gasteiger partial charge >= 0.3 is 0 Å². The number of aryl methyl sites for hydroxylation is 2. The van der Waals surface area contributed by atoms with E-state index in [1.165, 1.54) is 23.7 Å². The zero-order valence-electron chi connectivity index (χ0n) is 9.64. The van der Waals surface area contributed by atoms with Crippen LogP contribution in [0.5, 0.6) is 0 Å². The predicted octanol–water partition coefficient (Wildman–Crippen LogP) is 2.72. The Hall–Kier alpha value is -0.990. The summed E-state index contributed by atoms with van der Waals surface area (Å²) >= 11 is 4.58. The molecule has 96 valence electrons. The van der Waals surface area contributed by atoms with Crippen LogP contribution in [-0.2, 0) is 10.0 Å². The maximum Gasteiger partial charge on any atom is 0.264 e. The van der Waals surface area contributed by atoms with Gasteiger partial charge in [-0.05, 0) is 35.8 Å². The zero-order chi connectivity index (χ0) is 13.3. The van der Waals surface area contributed by atoms with Crippen molar-refractivity contribution in [1.82, 2.24) is 9.97 Å². The van der Waals surface area contributed by atoms with Crippen LogP contribution in [0.25, 0.3) is 0 Å². The van der Waals surface area contributed by atoms with Crippen LogP contribution in [0.4, 0.5) is 5.82 Å². The van der Waals surface area contributed by atoms with Gasteiger partial charge in [-0.1, -0.05) is 0 Å². The first-order valence-electron chi connectivity index (χ1n) is 4.96. The molecule has 2 heterocycles. The summed E-state index contributed by atoms with van der Waals surface area (Å²) in [5.74, 6) is 0.196. The first kappa shape index (κ1) is 13.4. The van der Waals surface area contributed by atoms with E-state index in [9.17, 15) is 8.42 Å². The van der Waals surface area contributed by atoms with Crippen molar-refractivity contribution in [3.05, 3.63) is 32.8 Å². The van der Waals surface area contributed by atoms with E-state index in [-0.39, 0.29) is 10.7 Å². The molecule has 0 bridgehead atoms. The molecule has 0 spiro atoms. The second-order valence-electron chi connectivity index (χ2n) is 3.61. The number of hydrogen-bond acceptors (Lipinski definition) is 5. The second kappa shape index (κ2) is 4.94. The minimum Gasteiger partial charge on any atom is -0.262 e. The van der Waals surface area contributed by atoms with Crippen molar-refractivity contribution < 1.29 is 8.42 Å². The van der Waals surface area contributed by atoms with Gasteiger partial charge in [-0.15, -0.1) is 11.3 Å². The Bertz CT molecular complexity index is 665. The highest BCUT2D eigenvalue weighted by Crippen LogP contribution is 2.26. The number of rotatable bonds is 3. The Labute approximate surface area is 117 Å². The largest absolute Gasteiger partial charge is 0.264 e. The molecule has 0 atom stereocenters. The minimum atomic E-state index is -3.59. The van der Waals surface area contributed by atoms with Crippen LogP contribution in [0.2, 0.25) is 0 Å². The number of anilines is 1. The zero-order valence-corrected chi connectivity index (χ0v) is 12.9. The lowest BCUT2D eigenvalue weighted by atomic mass is 10.4. The molecule has 2 rings (SSSR count). The Morgan fingerprint density at radius 3 is 2.50 bits per heavy atom. The number of sulfonamides is 1. The normalized spacial score (nSPS) is 11.5. The van der Waals surface area contributed by atoms with Crippen LogP contribution in [0.1, 0.15) is 9.75 Å². The van der Waals surface area contributed by atoms with E-state index < -0.39 is 10.0 Å². The molecular weight excluding hydrogens is 338 g/mol. The van der Waals surface area contributed by atoms with Crippen molar-refractivity contribution in [2.24, 2.45) is 0 Å². The van der Waals surface area contributed by atoms with Crippen LogP contribution in [0, 0.1) is 13.8 Å². The highest BCUT2D eigenvalue weighted by Gasteiger charge is 2.19. The van der Waals surface area contributed by atoms with Gasteiger partial charge in [0.25, 0.3) is 10.0 Å². The van der Waals surface area contributed by atoms with E-state index in [1.54, 1.807) is 13.0 Å². The third-order valence-electron chi connectivity index (χ3n) is 2.14. The van der Waals surface area contributed by atoms with Crippen LogP contribution in [0.15, 0.2) is 28.0 Å². The quantitative estimate of drug-likeness (QED) is 0.926. The van der Waals surface area contributed by atoms with Gasteiger partial charge in [-0.2, -0.15) is 0 Å². The number of aromatic nitrogens is 2. The molecular formula is C10H10BrN3O2S2. The van der Waals surface area contributed by atoms with Crippen molar-refractivity contribution in [2.45, 2.75) is 18.7 Å². The number of nitrogens with zero attached hydrogens (tertiary/aromatic N) is 2. The third kappa shape index (κ3) is 2.88. The van der Waals surface area contributed by atoms with Crippen molar-refractivity contribution in [3.8, 4) is 0 Å². The monoisotopic (exact) mass is 347 g/mol. The smallest absolute Gasteiger partial charge is 0.262 e. The SMILES string of the molecule is Cc1cc(S(=O)(=O)Nc2cnc(Br)cn2)c(C)s1. The van der Waals surface area contributed by atoms with Gasteiger partial charge in [0.15, 0.2) is 5.82 Å². The summed E-state index contributed by atoms with van der Waals surface area (Å²) in [5.41, 5.74) is 0. The van der Waals surface area contributed by atoms with Gasteiger partial charge in [0, 0.05) is 9.75 Å². The molecule has 8 heteroatoms. The molecule has 0 amide bonds. The molecule has 0 radical (unpaired) electrons. The van der Waals surface area contributed by atoms with E-state index in [1.807, 2.05) is 6.92 Å². The molecule has 0 aliphatic rings. The molecule has 2 aromatic heterocycles. The summed E-state index contributed by atoms with van der Waals surface area (Å²) in [5, 5.41) is 0. The first-order valence-corrected chi connectivity index (χ1v) is 8.05. The Morgan fingerprint density at radius 1 is 1.28 bits per heavy atom. The fraction of sp³-hybridized carbons (Fsp3) is 0.200. The van der Waals surface area contributed by atoms with Crippen molar-refractivity contribution in [2.75, 3.05) is 4.72 Å². The summed E-state index contributed by atoms with van der Waals surface area (Å²) in [7, 11) is -3.59. The Kier molecular flexibility index (Phi) is 3.69. The fourth-order valence-electron chi connectivity index (χ4n) is 1.43. The molecule has 0 unspecified atom stereocenters. The lowest BCUT2D eigenvalue weighted by Crippen LogP contribution is -2.14. The summed E-state index contributed by atoms with van der Waals surface area (Å²) < 4.78 is 27.2. The molecule has 1 N–H and O–H groups in total. The maximum atomic E-state index is 12.1. The Morgan fingerprint density at radius 2 is 2.00 bits per heavy atom. The molecule has 0 aliphatic carbocycles. The number of hydrogen-bond donors (Lipinski definition) is 1. The number of thiophene rings is 1. The third-order valence-corrected chi connectivity index (χ3v) is 5.13. The van der Waals surface area contributed by atoms with Gasteiger partial charge < -0.3 is 0 Å². The minimum absolute atomic E-state index is 0.196. The summed E-state index contributed by atoms with van der Waals surface area (Å²) in [4.78, 5) is 9.84. The van der Waals surface area contributed by atoms with E-state index in [2.05, 4.69) is 30.6 Å². The summed E-state index contributed by atoms with van der Waals surface area (Å²) in [6, 6.07) is 1.65. The first-order chi connectivity index (χ1) is 8.38. The molecule has 18 heavy (non-hydrogen) atoms. The number of nitrogens with one attached hydrogen (secondary N) is 1. The van der Waals surface area contributed by atoms with Crippen LogP contribution in [-0.4, -0.2) is 18.4 Å². The lowest BCUT2D eigenvalue weighted by molar-refractivity contribution is 0.601. The summed E-state index contributed by atoms with van der Waals surface area (Å²) in [6.45, 7) is 3.65. The van der Waals surface area contributed by atoms with Gasteiger partial charge in [-0.3, -0.25) is 4.72 Å². The van der Waals surface area contributed by atoms with Crippen molar-refractivity contribution >= 4 is 43.1 Å². The average Bonchev–Trinajstić information content (AvgIpc) is 2.62. The molecule has 0 aromatic carbocycles.